The van der Waals surface area contributed by atoms with Gasteiger partial charge in [-0.25, -0.2) is 8.42 Å². The molecule has 0 radical (unpaired) electrons. The Kier molecular flexibility index (Phi) is 6.29. The van der Waals surface area contributed by atoms with Crippen LogP contribution in [0.25, 0.3) is 0 Å². The van der Waals surface area contributed by atoms with Crippen molar-refractivity contribution < 1.29 is 8.42 Å². The molecule has 1 aromatic heterocycles. The van der Waals surface area contributed by atoms with E-state index in [0.29, 0.717) is 11.4 Å². The number of nitrogens with one attached hydrogen (secondary N) is 1. The van der Waals surface area contributed by atoms with E-state index >= 15 is 0 Å². The molecule has 0 fully saturated rings. The summed E-state index contributed by atoms with van der Waals surface area (Å²) in [6.45, 7) is 5.34. The van der Waals surface area contributed by atoms with Crippen molar-refractivity contribution in [2.75, 3.05) is 18.8 Å². The van der Waals surface area contributed by atoms with E-state index in [4.69, 9.17) is 0 Å². The minimum Gasteiger partial charge on any atom is -0.316 e. The number of hydrogen-bond acceptors (Lipinski definition) is 4. The van der Waals surface area contributed by atoms with Crippen LogP contribution in [0, 0.1) is 0 Å². The number of unbranched alkanes of at least 4 members (excludes halogenated alkanes) is 1. The first-order valence-electron chi connectivity index (χ1n) is 6.47. The maximum Gasteiger partial charge on any atom is 0.181 e. The molecule has 0 aliphatic carbocycles. The van der Waals surface area contributed by atoms with Gasteiger partial charge in [0.15, 0.2) is 9.84 Å². The van der Waals surface area contributed by atoms with Gasteiger partial charge in [-0.1, -0.05) is 20.3 Å². The lowest BCUT2D eigenvalue weighted by atomic mass is 10.1. The summed E-state index contributed by atoms with van der Waals surface area (Å²) in [5, 5.41) is 3.02. The number of rotatable bonds is 8. The van der Waals surface area contributed by atoms with Crippen molar-refractivity contribution in [2.24, 2.45) is 0 Å². The zero-order chi connectivity index (χ0) is 13.4. The van der Waals surface area contributed by atoms with Crippen LogP contribution in [0.5, 0.6) is 0 Å². The van der Waals surface area contributed by atoms with Crippen LogP contribution in [-0.4, -0.2) is 32.2 Å². The summed E-state index contributed by atoms with van der Waals surface area (Å²) in [7, 11) is -3.21. The average Bonchev–Trinajstić information content (AvgIpc) is 2.37. The highest BCUT2D eigenvalue weighted by molar-refractivity contribution is 7.91. The van der Waals surface area contributed by atoms with E-state index in [1.165, 1.54) is 6.20 Å². The van der Waals surface area contributed by atoms with E-state index in [1.54, 1.807) is 12.3 Å². The first kappa shape index (κ1) is 15.1. The fourth-order valence-electron chi connectivity index (χ4n) is 1.65. The summed E-state index contributed by atoms with van der Waals surface area (Å²) >= 11 is 0. The molecule has 1 rings (SSSR count). The summed E-state index contributed by atoms with van der Waals surface area (Å²) in [6.07, 6.45) is 6.23. The molecule has 18 heavy (non-hydrogen) atoms. The lowest BCUT2D eigenvalue weighted by molar-refractivity contribution is 0.591. The third-order valence-electron chi connectivity index (χ3n) is 2.75. The lowest BCUT2D eigenvalue weighted by Gasteiger charge is -2.06. The Morgan fingerprint density at radius 2 is 2.06 bits per heavy atom. The Morgan fingerprint density at radius 3 is 2.72 bits per heavy atom. The van der Waals surface area contributed by atoms with Gasteiger partial charge < -0.3 is 5.32 Å². The number of pyridine rings is 1. The van der Waals surface area contributed by atoms with Crippen LogP contribution in [0.4, 0.5) is 0 Å². The van der Waals surface area contributed by atoms with Crippen molar-refractivity contribution in [3.63, 3.8) is 0 Å². The molecule has 4 nitrogen and oxygen atoms in total. The van der Waals surface area contributed by atoms with Crippen molar-refractivity contribution in [1.82, 2.24) is 10.3 Å². The van der Waals surface area contributed by atoms with Gasteiger partial charge in [0.25, 0.3) is 0 Å². The Bertz CT molecular complexity index is 458. The molecule has 0 saturated heterocycles. The van der Waals surface area contributed by atoms with Crippen LogP contribution in [-0.2, 0) is 16.3 Å². The van der Waals surface area contributed by atoms with Crippen molar-refractivity contribution in [1.29, 1.82) is 0 Å². The van der Waals surface area contributed by atoms with Crippen LogP contribution in [0.1, 0.15) is 32.3 Å². The molecule has 1 heterocycles. The molecule has 0 aromatic carbocycles. The minimum absolute atomic E-state index is 0.125. The van der Waals surface area contributed by atoms with Crippen molar-refractivity contribution in [2.45, 2.75) is 38.0 Å². The van der Waals surface area contributed by atoms with Crippen molar-refractivity contribution in [3.05, 3.63) is 24.0 Å². The van der Waals surface area contributed by atoms with E-state index in [0.717, 1.165) is 31.4 Å². The summed E-state index contributed by atoms with van der Waals surface area (Å²) < 4.78 is 24.1. The molecule has 5 heteroatoms. The molecular weight excluding hydrogens is 248 g/mol. The molecule has 0 unspecified atom stereocenters. The van der Waals surface area contributed by atoms with E-state index < -0.39 is 9.84 Å². The molecule has 0 bridgehead atoms. The van der Waals surface area contributed by atoms with Crippen LogP contribution >= 0.6 is 0 Å². The molecule has 0 aliphatic rings. The Labute approximate surface area is 110 Å². The summed E-state index contributed by atoms with van der Waals surface area (Å²) in [5.41, 5.74) is 1.00. The molecule has 0 amide bonds. The molecule has 0 saturated carbocycles. The smallest absolute Gasteiger partial charge is 0.181 e. The van der Waals surface area contributed by atoms with Crippen LogP contribution in [0.2, 0.25) is 0 Å². The maximum atomic E-state index is 12.1. The third-order valence-corrected chi connectivity index (χ3v) is 4.43. The van der Waals surface area contributed by atoms with E-state index in [-0.39, 0.29) is 5.75 Å². The molecule has 1 aromatic rings. The first-order valence-corrected chi connectivity index (χ1v) is 8.12. The van der Waals surface area contributed by atoms with Gasteiger partial charge in [-0.05, 0) is 31.0 Å². The zero-order valence-corrected chi connectivity index (χ0v) is 12.0. The fourth-order valence-corrected chi connectivity index (χ4v) is 2.85. The van der Waals surface area contributed by atoms with E-state index in [9.17, 15) is 8.42 Å². The molecule has 102 valence electrons. The quantitative estimate of drug-likeness (QED) is 0.732. The van der Waals surface area contributed by atoms with E-state index in [2.05, 4.69) is 17.2 Å². The zero-order valence-electron chi connectivity index (χ0n) is 11.1. The second-order valence-electron chi connectivity index (χ2n) is 4.30. The van der Waals surface area contributed by atoms with Crippen molar-refractivity contribution in [3.8, 4) is 0 Å². The Balaban J connectivity index is 2.75. The third kappa shape index (κ3) is 4.74. The molecule has 1 N–H and O–H groups in total. The van der Waals surface area contributed by atoms with E-state index in [1.807, 2.05) is 6.92 Å². The van der Waals surface area contributed by atoms with Gasteiger partial charge in [-0.3, -0.25) is 4.98 Å². The maximum absolute atomic E-state index is 12.1. The average molecular weight is 270 g/mol. The van der Waals surface area contributed by atoms with Crippen LogP contribution < -0.4 is 5.32 Å². The standard InChI is InChI=1S/C13H22N2O2S/c1-3-5-6-12-9-13(11-15-10-12)18(16,17)8-7-14-4-2/h9-11,14H,3-8H2,1-2H3. The highest BCUT2D eigenvalue weighted by Crippen LogP contribution is 2.13. The van der Waals surface area contributed by atoms with Gasteiger partial charge in [0.1, 0.15) is 0 Å². The number of sulfone groups is 1. The van der Waals surface area contributed by atoms with Gasteiger partial charge in [-0.15, -0.1) is 0 Å². The number of nitrogens with zero attached hydrogens (tertiary/aromatic N) is 1. The second-order valence-corrected chi connectivity index (χ2v) is 6.41. The number of aromatic nitrogens is 1. The summed E-state index contributed by atoms with van der Waals surface area (Å²) in [4.78, 5) is 4.37. The SMILES string of the molecule is CCCCc1cncc(S(=O)(=O)CCNCC)c1. The molecule has 0 atom stereocenters. The summed E-state index contributed by atoms with van der Waals surface area (Å²) in [5.74, 6) is 0.125. The van der Waals surface area contributed by atoms with Gasteiger partial charge in [0.05, 0.1) is 10.6 Å². The Morgan fingerprint density at radius 1 is 1.28 bits per heavy atom. The number of hydrogen-bond donors (Lipinski definition) is 1. The fraction of sp³-hybridized carbons (Fsp3) is 0.615. The largest absolute Gasteiger partial charge is 0.316 e. The Hall–Kier alpha value is -0.940. The van der Waals surface area contributed by atoms with Gasteiger partial charge >= 0.3 is 0 Å². The van der Waals surface area contributed by atoms with Gasteiger partial charge in [-0.2, -0.15) is 0 Å². The first-order chi connectivity index (χ1) is 8.60. The monoisotopic (exact) mass is 270 g/mol. The van der Waals surface area contributed by atoms with Crippen LogP contribution in [0.15, 0.2) is 23.4 Å². The van der Waals surface area contributed by atoms with Crippen LogP contribution in [0.3, 0.4) is 0 Å². The predicted molar refractivity (Wildman–Crippen MR) is 73.4 cm³/mol. The summed E-state index contributed by atoms with van der Waals surface area (Å²) in [6, 6.07) is 1.75. The normalized spacial score (nSPS) is 11.7. The highest BCUT2D eigenvalue weighted by atomic mass is 32.2. The minimum atomic E-state index is -3.21. The molecular formula is C13H22N2O2S. The topological polar surface area (TPSA) is 59.1 Å². The second kappa shape index (κ2) is 7.48. The molecule has 0 spiro atoms. The molecule has 0 aliphatic heterocycles. The number of aryl methyl sites for hydroxylation is 1. The predicted octanol–water partition coefficient (Wildman–Crippen LogP) is 1.81. The lowest BCUT2D eigenvalue weighted by Crippen LogP contribution is -2.22. The van der Waals surface area contributed by atoms with Gasteiger partial charge in [0, 0.05) is 18.9 Å². The van der Waals surface area contributed by atoms with Gasteiger partial charge in [0.2, 0.25) is 0 Å². The highest BCUT2D eigenvalue weighted by Gasteiger charge is 2.14. The van der Waals surface area contributed by atoms with Crippen molar-refractivity contribution >= 4 is 9.84 Å².